The Morgan fingerprint density at radius 3 is 1.47 bits per heavy atom. The van der Waals surface area contributed by atoms with Crippen LogP contribution in [-0.4, -0.2) is 4.57 Å². The molecule has 0 radical (unpaired) electrons. The molecule has 0 unspecified atom stereocenters. The second-order valence-electron chi connectivity index (χ2n) is 18.0. The number of hydrogen-bond donors (Lipinski definition) is 0. The molecule has 0 bridgehead atoms. The van der Waals surface area contributed by atoms with Crippen molar-refractivity contribution in [2.24, 2.45) is 0 Å². The number of rotatable bonds is 6. The van der Waals surface area contributed by atoms with Crippen LogP contribution in [0.2, 0.25) is 0 Å². The summed E-state index contributed by atoms with van der Waals surface area (Å²) in [6.07, 6.45) is 0. The van der Waals surface area contributed by atoms with E-state index < -0.39 is 5.41 Å². The van der Waals surface area contributed by atoms with Crippen LogP contribution < -0.4 is 4.90 Å². The van der Waals surface area contributed by atoms with E-state index in [0.717, 1.165) is 22.7 Å². The monoisotopic (exact) mass is 816 g/mol. The van der Waals surface area contributed by atoms with E-state index in [1.165, 1.54) is 88.2 Å². The van der Waals surface area contributed by atoms with E-state index in [0.29, 0.717) is 0 Å². The van der Waals surface area contributed by atoms with Gasteiger partial charge in [0.15, 0.2) is 0 Å². The fraction of sp³-hybridized carbons (Fsp3) is 0.0645. The van der Waals surface area contributed by atoms with Crippen molar-refractivity contribution in [2.45, 2.75) is 24.7 Å². The summed E-state index contributed by atoms with van der Waals surface area (Å²) in [5.41, 5.74) is 19.4. The van der Waals surface area contributed by atoms with Crippen molar-refractivity contribution < 1.29 is 0 Å². The highest BCUT2D eigenvalue weighted by molar-refractivity contribution is 6.09. The molecule has 2 heteroatoms. The lowest BCUT2D eigenvalue weighted by molar-refractivity contribution is 0.660. The number of fused-ring (bicyclic) bond motifs is 10. The zero-order valence-electron chi connectivity index (χ0n) is 35.8. The topological polar surface area (TPSA) is 8.17 Å². The van der Waals surface area contributed by atoms with Gasteiger partial charge in [0.05, 0.1) is 22.1 Å². The Morgan fingerprint density at radius 2 is 0.828 bits per heavy atom. The SMILES string of the molecule is CC1(C)c2ccccc2-c2ccc(N(c3ccc(C4(c5ccc(-n6c7ccccc7c7ccccc76)cc5)c5ccccc5-c5ccccc54)cc3)c3cccc4ccccc34)cc21. The average molecular weight is 817 g/mol. The lowest BCUT2D eigenvalue weighted by atomic mass is 9.67. The Hall–Kier alpha value is -7.94. The van der Waals surface area contributed by atoms with Crippen molar-refractivity contribution in [1.82, 2.24) is 4.57 Å². The lowest BCUT2D eigenvalue weighted by Crippen LogP contribution is -2.28. The molecular formula is C62H44N2. The highest BCUT2D eigenvalue weighted by Crippen LogP contribution is 2.57. The van der Waals surface area contributed by atoms with Gasteiger partial charge in [-0.1, -0.05) is 190 Å². The fourth-order valence-electron chi connectivity index (χ4n) is 11.6. The quantitative estimate of drug-likeness (QED) is 0.162. The van der Waals surface area contributed by atoms with Gasteiger partial charge in [0, 0.05) is 38.6 Å². The largest absolute Gasteiger partial charge is 0.310 e. The second-order valence-corrected chi connectivity index (χ2v) is 18.0. The van der Waals surface area contributed by atoms with Gasteiger partial charge in [-0.15, -0.1) is 0 Å². The molecule has 1 heterocycles. The molecule has 0 atom stereocenters. The highest BCUT2D eigenvalue weighted by Gasteiger charge is 2.46. The maximum atomic E-state index is 2.47. The summed E-state index contributed by atoms with van der Waals surface area (Å²) in [4.78, 5) is 2.47. The second kappa shape index (κ2) is 13.8. The fourth-order valence-corrected chi connectivity index (χ4v) is 11.6. The molecule has 0 N–H and O–H groups in total. The van der Waals surface area contributed by atoms with Crippen molar-refractivity contribution in [3.8, 4) is 27.9 Å². The van der Waals surface area contributed by atoms with Crippen LogP contribution in [0.5, 0.6) is 0 Å². The van der Waals surface area contributed by atoms with E-state index in [-0.39, 0.29) is 5.41 Å². The highest BCUT2D eigenvalue weighted by atomic mass is 15.1. The summed E-state index contributed by atoms with van der Waals surface area (Å²) in [7, 11) is 0. The molecule has 10 aromatic carbocycles. The Balaban J connectivity index is 1.00. The van der Waals surface area contributed by atoms with Crippen LogP contribution in [-0.2, 0) is 10.8 Å². The van der Waals surface area contributed by atoms with E-state index in [2.05, 4.69) is 254 Å². The Labute approximate surface area is 374 Å². The van der Waals surface area contributed by atoms with Gasteiger partial charge in [0.25, 0.3) is 0 Å². The van der Waals surface area contributed by atoms with Gasteiger partial charge in [-0.25, -0.2) is 0 Å². The minimum absolute atomic E-state index is 0.122. The number of anilines is 3. The summed E-state index contributed by atoms with van der Waals surface area (Å²) in [6, 6.07) is 85.9. The summed E-state index contributed by atoms with van der Waals surface area (Å²) in [5.74, 6) is 0. The van der Waals surface area contributed by atoms with Crippen LogP contribution in [0.4, 0.5) is 17.1 Å². The van der Waals surface area contributed by atoms with Crippen molar-refractivity contribution >= 4 is 49.6 Å². The normalized spacial score (nSPS) is 14.0. The van der Waals surface area contributed by atoms with Gasteiger partial charge in [-0.05, 0) is 116 Å². The van der Waals surface area contributed by atoms with Crippen LogP contribution >= 0.6 is 0 Å². The maximum Gasteiger partial charge on any atom is 0.0713 e. The molecule has 11 aromatic rings. The average Bonchev–Trinajstić information content (AvgIpc) is 3.93. The number of nitrogens with zero attached hydrogens (tertiary/aromatic N) is 2. The van der Waals surface area contributed by atoms with E-state index >= 15 is 0 Å². The predicted octanol–water partition coefficient (Wildman–Crippen LogP) is 16.1. The predicted molar refractivity (Wildman–Crippen MR) is 268 cm³/mol. The first-order valence-corrected chi connectivity index (χ1v) is 22.4. The number of hydrogen-bond acceptors (Lipinski definition) is 1. The smallest absolute Gasteiger partial charge is 0.0713 e. The zero-order chi connectivity index (χ0) is 42.6. The molecule has 302 valence electrons. The third kappa shape index (κ3) is 5.08. The molecule has 13 rings (SSSR count). The van der Waals surface area contributed by atoms with Crippen LogP contribution in [0.1, 0.15) is 47.2 Å². The molecule has 2 nitrogen and oxygen atoms in total. The van der Waals surface area contributed by atoms with E-state index in [1.54, 1.807) is 0 Å². The first-order valence-electron chi connectivity index (χ1n) is 22.4. The number of para-hydroxylation sites is 2. The van der Waals surface area contributed by atoms with Crippen molar-refractivity contribution in [1.29, 1.82) is 0 Å². The lowest BCUT2D eigenvalue weighted by Gasteiger charge is -2.35. The molecular weight excluding hydrogens is 773 g/mol. The van der Waals surface area contributed by atoms with E-state index in [1.807, 2.05) is 0 Å². The molecule has 0 amide bonds. The van der Waals surface area contributed by atoms with E-state index in [4.69, 9.17) is 0 Å². The minimum atomic E-state index is -0.543. The van der Waals surface area contributed by atoms with Crippen LogP contribution in [0.15, 0.2) is 231 Å². The molecule has 2 aliphatic carbocycles. The molecule has 0 saturated heterocycles. The van der Waals surface area contributed by atoms with Gasteiger partial charge in [0.2, 0.25) is 0 Å². The van der Waals surface area contributed by atoms with Gasteiger partial charge in [0.1, 0.15) is 0 Å². The van der Waals surface area contributed by atoms with Gasteiger partial charge >= 0.3 is 0 Å². The Kier molecular flexibility index (Phi) is 7.90. The summed E-state index contributed by atoms with van der Waals surface area (Å²) < 4.78 is 2.41. The van der Waals surface area contributed by atoms with Crippen LogP contribution in [0.25, 0.3) is 60.5 Å². The third-order valence-electron chi connectivity index (χ3n) is 14.5. The standard InChI is InChI=1S/C62H44N2/c1-61(2)54-24-10-5-19-48(54)51-39-38-46(40-57(51)61)63(58-29-15-17-41-16-3-4-18-47(41)58)44-34-30-42(31-35-44)62(55-25-11-6-20-49(55)50-21-7-12-26-56(50)62)43-32-36-45(37-33-43)64-59-27-13-8-22-52(59)53-23-9-14-28-60(53)64/h3-40H,1-2H3. The molecule has 2 aliphatic rings. The Bertz CT molecular complexity index is 3540. The molecule has 64 heavy (non-hydrogen) atoms. The van der Waals surface area contributed by atoms with E-state index in [9.17, 15) is 0 Å². The summed E-state index contributed by atoms with van der Waals surface area (Å²) in [6.45, 7) is 4.73. The van der Waals surface area contributed by atoms with Crippen molar-refractivity contribution in [3.63, 3.8) is 0 Å². The summed E-state index contributed by atoms with van der Waals surface area (Å²) >= 11 is 0. The van der Waals surface area contributed by atoms with Gasteiger partial charge in [-0.3, -0.25) is 0 Å². The zero-order valence-corrected chi connectivity index (χ0v) is 35.8. The maximum absolute atomic E-state index is 2.47. The molecule has 0 saturated carbocycles. The van der Waals surface area contributed by atoms with Crippen LogP contribution in [0.3, 0.4) is 0 Å². The molecule has 1 aromatic heterocycles. The first kappa shape index (κ1) is 36.7. The third-order valence-corrected chi connectivity index (χ3v) is 14.5. The van der Waals surface area contributed by atoms with Crippen molar-refractivity contribution in [2.75, 3.05) is 4.90 Å². The number of aromatic nitrogens is 1. The van der Waals surface area contributed by atoms with Crippen LogP contribution in [0, 0.1) is 0 Å². The number of benzene rings is 10. The van der Waals surface area contributed by atoms with Gasteiger partial charge < -0.3 is 9.47 Å². The minimum Gasteiger partial charge on any atom is -0.310 e. The molecule has 0 spiro atoms. The molecule has 0 fully saturated rings. The van der Waals surface area contributed by atoms with Gasteiger partial charge in [-0.2, -0.15) is 0 Å². The van der Waals surface area contributed by atoms with Crippen molar-refractivity contribution in [3.05, 3.63) is 264 Å². The first-order chi connectivity index (χ1) is 31.5. The Morgan fingerprint density at radius 1 is 0.359 bits per heavy atom. The molecule has 0 aliphatic heterocycles. The summed E-state index contributed by atoms with van der Waals surface area (Å²) in [5, 5.41) is 4.97.